The first-order chi connectivity index (χ1) is 24.3. The van der Waals surface area contributed by atoms with E-state index in [0.717, 1.165) is 25.0 Å². The Morgan fingerprint density at radius 2 is 0.408 bits per heavy atom. The van der Waals surface area contributed by atoms with Crippen molar-refractivity contribution < 1.29 is 4.74 Å². The zero-order valence-electron chi connectivity index (χ0n) is 35.3. The Morgan fingerprint density at radius 1 is 0.224 bits per heavy atom. The predicted octanol–water partition coefficient (Wildman–Crippen LogP) is 17.9. The van der Waals surface area contributed by atoms with Crippen molar-refractivity contribution in [3.8, 4) is 0 Å². The molecule has 0 saturated carbocycles. The monoisotopic (exact) mass is 691 g/mol. The summed E-state index contributed by atoms with van der Waals surface area (Å²) in [5, 5.41) is 0. The maximum absolute atomic E-state index is 6.44. The van der Waals surface area contributed by atoms with Crippen molar-refractivity contribution in [2.24, 2.45) is 11.8 Å². The molecule has 0 fully saturated rings. The Hall–Kier alpha value is -0.0400. The summed E-state index contributed by atoms with van der Waals surface area (Å²) < 4.78 is 6.44. The molecule has 0 aliphatic heterocycles. The minimum Gasteiger partial charge on any atom is -0.381 e. The fourth-order valence-electron chi connectivity index (χ4n) is 8.09. The lowest BCUT2D eigenvalue weighted by molar-refractivity contribution is 0.101. The lowest BCUT2D eigenvalue weighted by Gasteiger charge is -2.19. The number of rotatable bonds is 44. The minimum absolute atomic E-state index is 0.903. The average molecular weight is 691 g/mol. The summed E-state index contributed by atoms with van der Waals surface area (Å²) in [5.41, 5.74) is 0. The molecular formula is C48H98O. The molecule has 0 rings (SSSR count). The van der Waals surface area contributed by atoms with Gasteiger partial charge in [0.2, 0.25) is 0 Å². The molecule has 0 aliphatic carbocycles. The second-order valence-electron chi connectivity index (χ2n) is 16.7. The van der Waals surface area contributed by atoms with Crippen LogP contribution in [-0.2, 0) is 4.74 Å². The highest BCUT2D eigenvalue weighted by atomic mass is 16.5. The van der Waals surface area contributed by atoms with E-state index in [1.54, 1.807) is 0 Å². The molecule has 0 aromatic rings. The zero-order chi connectivity index (χ0) is 35.6. The molecule has 1 heteroatoms. The molecule has 2 unspecified atom stereocenters. The molecule has 0 bridgehead atoms. The zero-order valence-corrected chi connectivity index (χ0v) is 35.3. The van der Waals surface area contributed by atoms with Crippen LogP contribution in [0.25, 0.3) is 0 Å². The number of hydrogen-bond acceptors (Lipinski definition) is 1. The van der Waals surface area contributed by atoms with Gasteiger partial charge in [-0.05, 0) is 24.7 Å². The van der Waals surface area contributed by atoms with E-state index >= 15 is 0 Å². The van der Waals surface area contributed by atoms with Crippen LogP contribution in [0, 0.1) is 11.8 Å². The van der Waals surface area contributed by atoms with Gasteiger partial charge >= 0.3 is 0 Å². The van der Waals surface area contributed by atoms with Crippen molar-refractivity contribution in [2.45, 2.75) is 285 Å². The van der Waals surface area contributed by atoms with Gasteiger partial charge in [-0.25, -0.2) is 0 Å². The van der Waals surface area contributed by atoms with Crippen LogP contribution >= 0.6 is 0 Å². The average Bonchev–Trinajstić information content (AvgIpc) is 3.11. The molecule has 0 aromatic heterocycles. The van der Waals surface area contributed by atoms with Crippen LogP contribution < -0.4 is 0 Å². The third-order valence-corrected chi connectivity index (χ3v) is 11.7. The lowest BCUT2D eigenvalue weighted by Crippen LogP contribution is -2.10. The Kier molecular flexibility index (Phi) is 44.1. The molecule has 0 heterocycles. The first-order valence-corrected chi connectivity index (χ1v) is 23.9. The van der Waals surface area contributed by atoms with Gasteiger partial charge in [0.15, 0.2) is 0 Å². The van der Waals surface area contributed by atoms with Gasteiger partial charge in [-0.2, -0.15) is 0 Å². The fourth-order valence-corrected chi connectivity index (χ4v) is 8.09. The Bertz CT molecular complexity index is 509. The van der Waals surface area contributed by atoms with E-state index < -0.39 is 0 Å². The molecule has 0 aromatic carbocycles. The smallest absolute Gasteiger partial charge is 0.0468 e. The van der Waals surface area contributed by atoms with E-state index in [1.807, 2.05) is 0 Å². The van der Waals surface area contributed by atoms with Crippen molar-refractivity contribution in [3.63, 3.8) is 0 Å². The molecule has 0 amide bonds. The molecule has 49 heavy (non-hydrogen) atoms. The third kappa shape index (κ3) is 40.6. The van der Waals surface area contributed by atoms with Crippen molar-refractivity contribution in [1.82, 2.24) is 0 Å². The molecule has 2 atom stereocenters. The van der Waals surface area contributed by atoms with Gasteiger partial charge in [-0.1, -0.05) is 272 Å². The van der Waals surface area contributed by atoms with Gasteiger partial charge in [0.05, 0.1) is 0 Å². The largest absolute Gasteiger partial charge is 0.381 e. The van der Waals surface area contributed by atoms with Gasteiger partial charge in [-0.15, -0.1) is 0 Å². The number of hydrogen-bond donors (Lipinski definition) is 0. The van der Waals surface area contributed by atoms with Crippen LogP contribution in [0.5, 0.6) is 0 Å². The summed E-state index contributed by atoms with van der Waals surface area (Å²) in [6.07, 6.45) is 57.6. The normalized spacial score (nSPS) is 13.0. The molecule has 0 N–H and O–H groups in total. The van der Waals surface area contributed by atoms with Crippen LogP contribution in [0.3, 0.4) is 0 Å². The highest BCUT2D eigenvalue weighted by molar-refractivity contribution is 4.64. The van der Waals surface area contributed by atoms with Gasteiger partial charge in [-0.3, -0.25) is 0 Å². The second kappa shape index (κ2) is 44.1. The highest BCUT2D eigenvalue weighted by Gasteiger charge is 2.12. The summed E-state index contributed by atoms with van der Waals surface area (Å²) in [6.45, 7) is 11.3. The fraction of sp³-hybridized carbons (Fsp3) is 1.00. The van der Waals surface area contributed by atoms with Crippen LogP contribution in [0.2, 0.25) is 0 Å². The molecule has 0 spiro atoms. The summed E-state index contributed by atoms with van der Waals surface area (Å²) in [4.78, 5) is 0. The molecule has 0 radical (unpaired) electrons. The third-order valence-electron chi connectivity index (χ3n) is 11.7. The summed E-state index contributed by atoms with van der Waals surface area (Å²) >= 11 is 0. The lowest BCUT2D eigenvalue weighted by atomic mass is 9.91. The number of ether oxygens (including phenoxy) is 1. The van der Waals surface area contributed by atoms with Crippen molar-refractivity contribution in [2.75, 3.05) is 13.2 Å². The second-order valence-corrected chi connectivity index (χ2v) is 16.7. The first kappa shape index (κ1) is 49.0. The molecule has 0 aliphatic rings. The predicted molar refractivity (Wildman–Crippen MR) is 225 cm³/mol. The van der Waals surface area contributed by atoms with Crippen molar-refractivity contribution in [1.29, 1.82) is 0 Å². The van der Waals surface area contributed by atoms with E-state index in [-0.39, 0.29) is 0 Å². The Balaban J connectivity index is 4.45. The molecular weight excluding hydrogens is 593 g/mol. The minimum atomic E-state index is 0.903. The van der Waals surface area contributed by atoms with E-state index in [2.05, 4.69) is 27.7 Å². The standard InChI is InChI=1S/C48H98O/c1-5-9-13-17-21-25-29-33-37-41-47(39-35-31-27-23-19-15-11-7-3)43-45-49-46-44-48(40-36-32-28-24-20-16-12-8-4)42-38-34-30-26-22-18-14-10-6-2/h47-48H,5-46H2,1-4H3. The molecule has 296 valence electrons. The SMILES string of the molecule is CCCCCCCCCCCC(CCCCCCCCCC)CCOCCC(CCCCCCCCCC)CCCCCCCCCCC. The van der Waals surface area contributed by atoms with Gasteiger partial charge in [0, 0.05) is 13.2 Å². The number of unbranched alkanes of at least 4 members (excludes halogenated alkanes) is 30. The van der Waals surface area contributed by atoms with Crippen LogP contribution in [0.4, 0.5) is 0 Å². The van der Waals surface area contributed by atoms with E-state index in [1.165, 1.54) is 257 Å². The van der Waals surface area contributed by atoms with Gasteiger partial charge < -0.3 is 4.74 Å². The molecule has 1 nitrogen and oxygen atoms in total. The molecule has 0 saturated heterocycles. The topological polar surface area (TPSA) is 9.23 Å². The van der Waals surface area contributed by atoms with E-state index in [4.69, 9.17) is 4.74 Å². The summed E-state index contributed by atoms with van der Waals surface area (Å²) in [7, 11) is 0. The van der Waals surface area contributed by atoms with Crippen molar-refractivity contribution in [3.05, 3.63) is 0 Å². The van der Waals surface area contributed by atoms with E-state index in [9.17, 15) is 0 Å². The Morgan fingerprint density at radius 3 is 0.612 bits per heavy atom. The van der Waals surface area contributed by atoms with Crippen LogP contribution in [-0.4, -0.2) is 13.2 Å². The van der Waals surface area contributed by atoms with Gasteiger partial charge in [0.25, 0.3) is 0 Å². The van der Waals surface area contributed by atoms with E-state index in [0.29, 0.717) is 0 Å². The maximum atomic E-state index is 6.44. The highest BCUT2D eigenvalue weighted by Crippen LogP contribution is 2.25. The summed E-state index contributed by atoms with van der Waals surface area (Å²) in [5.74, 6) is 1.81. The van der Waals surface area contributed by atoms with Crippen molar-refractivity contribution >= 4 is 0 Å². The first-order valence-electron chi connectivity index (χ1n) is 23.9. The Labute approximate surface area is 313 Å². The van der Waals surface area contributed by atoms with Gasteiger partial charge in [0.1, 0.15) is 0 Å². The van der Waals surface area contributed by atoms with Crippen LogP contribution in [0.1, 0.15) is 285 Å². The quantitative estimate of drug-likeness (QED) is 0.0578. The van der Waals surface area contributed by atoms with Crippen LogP contribution in [0.15, 0.2) is 0 Å². The summed E-state index contributed by atoms with van der Waals surface area (Å²) in [6, 6.07) is 0. The maximum Gasteiger partial charge on any atom is 0.0468 e.